The predicted molar refractivity (Wildman–Crippen MR) is 82.0 cm³/mol. The van der Waals surface area contributed by atoms with Gasteiger partial charge in [0, 0.05) is 41.8 Å². The largest absolute Gasteiger partial charge is 0.399 e. The van der Waals surface area contributed by atoms with Crippen molar-refractivity contribution in [1.29, 1.82) is 5.26 Å². The molecule has 2 aromatic rings. The standard InChI is InChI=1S/C14H18N4O2S/c1-10(2)18(7-3-6-15)21(19,20)14-9-17-13-8-11(16)4-5-12(13)14/h4-5,8-10,17H,3,7,16H2,1-2H3. The molecule has 6 nitrogen and oxygen atoms in total. The second-order valence-electron chi connectivity index (χ2n) is 5.08. The lowest BCUT2D eigenvalue weighted by atomic mass is 10.2. The number of hydrogen-bond acceptors (Lipinski definition) is 4. The van der Waals surface area contributed by atoms with Crippen molar-refractivity contribution in [1.82, 2.24) is 9.29 Å². The first-order valence-electron chi connectivity index (χ1n) is 6.63. The number of aromatic amines is 1. The van der Waals surface area contributed by atoms with Crippen molar-refractivity contribution < 1.29 is 8.42 Å². The van der Waals surface area contributed by atoms with Crippen molar-refractivity contribution in [3.05, 3.63) is 24.4 Å². The SMILES string of the molecule is CC(C)N(CCC#N)S(=O)(=O)c1c[nH]c2cc(N)ccc12. The Morgan fingerprint density at radius 2 is 2.14 bits per heavy atom. The highest BCUT2D eigenvalue weighted by molar-refractivity contribution is 7.89. The third-order valence-corrected chi connectivity index (χ3v) is 5.39. The number of H-pyrrole nitrogens is 1. The Hall–Kier alpha value is -2.04. The number of fused-ring (bicyclic) bond motifs is 1. The number of sulfonamides is 1. The smallest absolute Gasteiger partial charge is 0.245 e. The van der Waals surface area contributed by atoms with Crippen LogP contribution in [0.2, 0.25) is 0 Å². The minimum absolute atomic E-state index is 0.159. The quantitative estimate of drug-likeness (QED) is 0.825. The van der Waals surface area contributed by atoms with Gasteiger partial charge in [-0.2, -0.15) is 9.57 Å². The van der Waals surface area contributed by atoms with E-state index in [0.29, 0.717) is 16.6 Å². The monoisotopic (exact) mass is 306 g/mol. The van der Waals surface area contributed by atoms with E-state index in [-0.39, 0.29) is 23.9 Å². The number of nitrogens with one attached hydrogen (secondary N) is 1. The van der Waals surface area contributed by atoms with Gasteiger partial charge in [0.05, 0.1) is 6.07 Å². The van der Waals surface area contributed by atoms with Gasteiger partial charge in [0.2, 0.25) is 10.0 Å². The minimum Gasteiger partial charge on any atom is -0.399 e. The van der Waals surface area contributed by atoms with E-state index in [2.05, 4.69) is 4.98 Å². The molecular formula is C14H18N4O2S. The highest BCUT2D eigenvalue weighted by atomic mass is 32.2. The number of rotatable bonds is 5. The van der Waals surface area contributed by atoms with Gasteiger partial charge in [-0.25, -0.2) is 8.42 Å². The summed E-state index contributed by atoms with van der Waals surface area (Å²) < 4.78 is 27.0. The molecule has 2 rings (SSSR count). The third-order valence-electron chi connectivity index (χ3n) is 3.27. The highest BCUT2D eigenvalue weighted by Gasteiger charge is 2.29. The van der Waals surface area contributed by atoms with Crippen LogP contribution in [0.3, 0.4) is 0 Å². The zero-order valence-electron chi connectivity index (χ0n) is 12.0. The van der Waals surface area contributed by atoms with Crippen LogP contribution in [0.4, 0.5) is 5.69 Å². The van der Waals surface area contributed by atoms with Crippen molar-refractivity contribution in [2.75, 3.05) is 12.3 Å². The Morgan fingerprint density at radius 3 is 2.76 bits per heavy atom. The number of nitriles is 1. The fourth-order valence-electron chi connectivity index (χ4n) is 2.27. The molecule has 0 saturated carbocycles. The first-order valence-corrected chi connectivity index (χ1v) is 8.07. The summed E-state index contributed by atoms with van der Waals surface area (Å²) in [5.41, 5.74) is 6.95. The Morgan fingerprint density at radius 1 is 1.43 bits per heavy atom. The maximum absolute atomic E-state index is 12.8. The molecule has 0 aliphatic carbocycles. The molecular weight excluding hydrogens is 288 g/mol. The van der Waals surface area contributed by atoms with Crippen LogP contribution in [0.15, 0.2) is 29.3 Å². The third kappa shape index (κ3) is 2.86. The van der Waals surface area contributed by atoms with Gasteiger partial charge in [0.1, 0.15) is 4.90 Å². The maximum Gasteiger partial charge on any atom is 0.245 e. The van der Waals surface area contributed by atoms with Crippen LogP contribution < -0.4 is 5.73 Å². The van der Waals surface area contributed by atoms with Gasteiger partial charge in [-0.1, -0.05) is 0 Å². The van der Waals surface area contributed by atoms with E-state index < -0.39 is 10.0 Å². The van der Waals surface area contributed by atoms with Crippen LogP contribution in [-0.2, 0) is 10.0 Å². The van der Waals surface area contributed by atoms with Crippen molar-refractivity contribution in [3.63, 3.8) is 0 Å². The summed E-state index contributed by atoms with van der Waals surface area (Å²) in [5, 5.41) is 9.31. The molecule has 1 aromatic heterocycles. The second-order valence-corrected chi connectivity index (χ2v) is 6.93. The van der Waals surface area contributed by atoms with Crippen LogP contribution >= 0.6 is 0 Å². The lowest BCUT2D eigenvalue weighted by Gasteiger charge is -2.24. The lowest BCUT2D eigenvalue weighted by Crippen LogP contribution is -2.37. The molecule has 0 radical (unpaired) electrons. The normalized spacial score (nSPS) is 12.1. The Balaban J connectivity index is 2.52. The second kappa shape index (κ2) is 5.76. The van der Waals surface area contributed by atoms with E-state index in [9.17, 15) is 8.42 Å². The van der Waals surface area contributed by atoms with Crippen LogP contribution in [0.1, 0.15) is 20.3 Å². The molecule has 0 fully saturated rings. The fourth-order valence-corrected chi connectivity index (χ4v) is 4.08. The van der Waals surface area contributed by atoms with E-state index in [4.69, 9.17) is 11.0 Å². The summed E-state index contributed by atoms with van der Waals surface area (Å²) in [4.78, 5) is 3.15. The van der Waals surface area contributed by atoms with E-state index in [1.165, 1.54) is 10.5 Å². The molecule has 3 N–H and O–H groups in total. The first-order chi connectivity index (χ1) is 9.87. The van der Waals surface area contributed by atoms with E-state index in [1.807, 2.05) is 6.07 Å². The number of benzene rings is 1. The average Bonchev–Trinajstić information content (AvgIpc) is 2.82. The van der Waals surface area contributed by atoms with Gasteiger partial charge >= 0.3 is 0 Å². The molecule has 21 heavy (non-hydrogen) atoms. The van der Waals surface area contributed by atoms with E-state index in [1.54, 1.807) is 32.0 Å². The molecule has 0 spiro atoms. The van der Waals surface area contributed by atoms with E-state index in [0.717, 1.165) is 0 Å². The molecule has 7 heteroatoms. The van der Waals surface area contributed by atoms with Crippen LogP contribution in [0, 0.1) is 11.3 Å². The molecule has 0 unspecified atom stereocenters. The summed E-state index contributed by atoms with van der Waals surface area (Å²) in [6, 6.07) is 6.82. The zero-order chi connectivity index (χ0) is 15.6. The number of aromatic nitrogens is 1. The van der Waals surface area contributed by atoms with Crippen molar-refractivity contribution in [2.45, 2.75) is 31.2 Å². The van der Waals surface area contributed by atoms with Crippen molar-refractivity contribution in [3.8, 4) is 6.07 Å². The topological polar surface area (TPSA) is 103 Å². The molecule has 112 valence electrons. The number of hydrogen-bond donors (Lipinski definition) is 2. The summed E-state index contributed by atoms with van der Waals surface area (Å²) in [7, 11) is -3.66. The first kappa shape index (κ1) is 15.4. The van der Waals surface area contributed by atoms with Crippen LogP contribution in [0.5, 0.6) is 0 Å². The Kier molecular flexibility index (Phi) is 4.21. The average molecular weight is 306 g/mol. The van der Waals surface area contributed by atoms with Crippen LogP contribution in [-0.4, -0.2) is 30.3 Å². The summed E-state index contributed by atoms with van der Waals surface area (Å²) >= 11 is 0. The predicted octanol–water partition coefficient (Wildman–Crippen LogP) is 2.06. The fraction of sp³-hybridized carbons (Fsp3) is 0.357. The number of nitrogens with zero attached hydrogens (tertiary/aromatic N) is 2. The summed E-state index contributed by atoms with van der Waals surface area (Å²) in [6.45, 7) is 3.77. The van der Waals surface area contributed by atoms with Crippen LogP contribution in [0.25, 0.3) is 10.9 Å². The summed E-state index contributed by atoms with van der Waals surface area (Å²) in [6.07, 6.45) is 1.63. The maximum atomic E-state index is 12.8. The number of anilines is 1. The molecule has 0 atom stereocenters. The molecule has 0 aliphatic heterocycles. The van der Waals surface area contributed by atoms with Gasteiger partial charge in [-0.3, -0.25) is 0 Å². The van der Waals surface area contributed by atoms with Crippen molar-refractivity contribution >= 4 is 26.6 Å². The van der Waals surface area contributed by atoms with Crippen molar-refractivity contribution in [2.24, 2.45) is 0 Å². The van der Waals surface area contributed by atoms with Gasteiger partial charge in [-0.05, 0) is 32.0 Å². The zero-order valence-corrected chi connectivity index (χ0v) is 12.8. The minimum atomic E-state index is -3.66. The Bertz CT molecular complexity index is 787. The highest BCUT2D eigenvalue weighted by Crippen LogP contribution is 2.28. The molecule has 0 bridgehead atoms. The molecule has 0 amide bonds. The molecule has 0 aliphatic rings. The van der Waals surface area contributed by atoms with E-state index >= 15 is 0 Å². The van der Waals surface area contributed by atoms with Gasteiger partial charge < -0.3 is 10.7 Å². The summed E-state index contributed by atoms with van der Waals surface area (Å²) in [5.74, 6) is 0. The van der Waals surface area contributed by atoms with Gasteiger partial charge in [-0.15, -0.1) is 0 Å². The molecule has 1 heterocycles. The number of nitrogens with two attached hydrogens (primary N) is 1. The lowest BCUT2D eigenvalue weighted by molar-refractivity contribution is 0.361. The van der Waals surface area contributed by atoms with Gasteiger partial charge in [0.15, 0.2) is 0 Å². The molecule has 1 aromatic carbocycles. The number of nitrogen functional groups attached to an aromatic ring is 1. The van der Waals surface area contributed by atoms with Gasteiger partial charge in [0.25, 0.3) is 0 Å². The Labute approximate surface area is 124 Å². The molecule has 0 saturated heterocycles.